The average molecular weight is 957 g/mol. The molecule has 354 valence electrons. The van der Waals surface area contributed by atoms with Gasteiger partial charge < -0.3 is 71.3 Å². The molecule has 0 aromatic rings. The molecule has 0 N–H and O–H groups in total. The van der Waals surface area contributed by atoms with Crippen molar-refractivity contribution in [3.63, 3.8) is 0 Å². The van der Waals surface area contributed by atoms with Crippen LogP contribution in [0.2, 0.25) is 54.4 Å². The largest absolute Gasteiger partial charge is 0.500 e. The van der Waals surface area contributed by atoms with Crippen LogP contribution in [0.5, 0.6) is 0 Å². The van der Waals surface area contributed by atoms with Gasteiger partial charge in [-0.25, -0.2) is 0 Å². The summed E-state index contributed by atoms with van der Waals surface area (Å²) in [7, 11) is 10.5. The van der Waals surface area contributed by atoms with Crippen molar-refractivity contribution in [3.8, 4) is 0 Å². The van der Waals surface area contributed by atoms with Crippen LogP contribution in [-0.2, 0) is 71.2 Å². The summed E-state index contributed by atoms with van der Waals surface area (Å²) < 4.78 is 86.5. The molecule has 0 fully saturated rings. The molecular weight excluding hydrogens is 871 g/mol. The molecule has 0 aliphatic heterocycles. The van der Waals surface area contributed by atoms with E-state index in [0.717, 1.165) is 62.7 Å². The smallest absolute Gasteiger partial charge is 0.377 e. The third-order valence-corrected chi connectivity index (χ3v) is 32.0. The van der Waals surface area contributed by atoms with E-state index in [9.17, 15) is 4.79 Å². The summed E-state index contributed by atoms with van der Waals surface area (Å²) in [5.74, 6) is -0.0864. The topological polar surface area (TPSA) is 159 Å². The van der Waals surface area contributed by atoms with Gasteiger partial charge in [0.1, 0.15) is 0 Å². The van der Waals surface area contributed by atoms with Crippen LogP contribution in [-0.4, -0.2) is 183 Å². The Morgan fingerprint density at radius 1 is 0.356 bits per heavy atom. The Labute approximate surface area is 364 Å². The molecule has 0 bridgehead atoms. The zero-order valence-corrected chi connectivity index (χ0v) is 45.8. The number of hydrogen-bond donors (Lipinski definition) is 0. The monoisotopic (exact) mass is 955 g/mol. The van der Waals surface area contributed by atoms with Gasteiger partial charge in [-0.05, 0) is 32.1 Å². The van der Waals surface area contributed by atoms with Crippen LogP contribution in [0, 0.1) is 5.92 Å². The fourth-order valence-electron chi connectivity index (χ4n) is 8.20. The third kappa shape index (κ3) is 19.0. The highest BCUT2D eigenvalue weighted by atomic mass is 28.4. The van der Waals surface area contributed by atoms with E-state index in [0.29, 0.717) is 49.6 Å². The minimum Gasteiger partial charge on any atom is -0.377 e. The lowest BCUT2D eigenvalue weighted by Gasteiger charge is -2.36. The zero-order valence-electron chi connectivity index (χ0n) is 39.8. The van der Waals surface area contributed by atoms with Crippen molar-refractivity contribution >= 4 is 58.0 Å². The standard InChI is InChI=1S/C36H85NO16Si6/c1-37(36(38)35(23-17-30-55(39-2,40-3)41-4)24-18-31-56(42-5,43-6)44-7)25-19-26-54(27-20-32-57(45-8,46-9)47-10,28-21-33-58(48-11,49-12)50-13)29-22-34-59(51-14,52-15)53-16/h35H,17-34H2,1-16H3. The summed E-state index contributed by atoms with van der Waals surface area (Å²) in [6.07, 6.45) is 6.37. The molecule has 0 heterocycles. The van der Waals surface area contributed by atoms with Crippen LogP contribution < -0.4 is 0 Å². The minimum absolute atomic E-state index is 0.125. The molecule has 0 rings (SSSR count). The van der Waals surface area contributed by atoms with Gasteiger partial charge in [-0.1, -0.05) is 43.4 Å². The molecule has 0 saturated carbocycles. The number of rotatable bonds is 40. The Morgan fingerprint density at radius 2 is 0.576 bits per heavy atom. The van der Waals surface area contributed by atoms with Gasteiger partial charge in [0.2, 0.25) is 5.91 Å². The zero-order chi connectivity index (χ0) is 45.1. The first-order valence-corrected chi connectivity index (χ1v) is 33.2. The van der Waals surface area contributed by atoms with Gasteiger partial charge in [-0.2, -0.15) is 0 Å². The Kier molecular flexibility index (Phi) is 31.2. The molecule has 23 heteroatoms. The van der Waals surface area contributed by atoms with Gasteiger partial charge in [-0.15, -0.1) is 0 Å². The van der Waals surface area contributed by atoms with Gasteiger partial charge in [0.05, 0.1) is 8.07 Å². The third-order valence-electron chi connectivity index (χ3n) is 12.2. The molecular formula is C36H85NO16Si6. The number of carbonyl (C=O) groups excluding carboxylic acids is 1. The summed E-state index contributed by atoms with van der Waals surface area (Å²) in [4.78, 5) is 16.3. The van der Waals surface area contributed by atoms with Crippen molar-refractivity contribution in [2.24, 2.45) is 5.92 Å². The van der Waals surface area contributed by atoms with Crippen LogP contribution in [0.1, 0.15) is 51.4 Å². The molecule has 0 aliphatic rings. The first kappa shape index (κ1) is 59.2. The first-order valence-electron chi connectivity index (χ1n) is 20.7. The highest BCUT2D eigenvalue weighted by Gasteiger charge is 2.44. The lowest BCUT2D eigenvalue weighted by atomic mass is 9.96. The van der Waals surface area contributed by atoms with E-state index in [2.05, 4.69) is 0 Å². The number of amides is 1. The normalized spacial score (nSPS) is 13.5. The quantitative estimate of drug-likeness (QED) is 0.0656. The molecule has 0 aliphatic carbocycles. The maximum Gasteiger partial charge on any atom is 0.500 e. The summed E-state index contributed by atoms with van der Waals surface area (Å²) in [5.41, 5.74) is 0. The molecule has 59 heavy (non-hydrogen) atoms. The molecule has 0 spiro atoms. The maximum atomic E-state index is 14.3. The van der Waals surface area contributed by atoms with Crippen molar-refractivity contribution in [2.45, 2.75) is 106 Å². The highest BCUT2D eigenvalue weighted by molar-refractivity contribution is 6.80. The maximum absolute atomic E-state index is 14.3. The van der Waals surface area contributed by atoms with Crippen molar-refractivity contribution in [2.75, 3.05) is 120 Å². The molecule has 0 aromatic heterocycles. The fourth-order valence-corrected chi connectivity index (χ4v) is 23.1. The Bertz CT molecular complexity index is 941. The molecule has 0 saturated heterocycles. The van der Waals surface area contributed by atoms with E-state index in [1.807, 2.05) is 11.9 Å². The molecule has 0 atom stereocenters. The van der Waals surface area contributed by atoms with Crippen molar-refractivity contribution < 1.29 is 71.2 Å². The molecule has 0 radical (unpaired) electrons. The van der Waals surface area contributed by atoms with Crippen LogP contribution >= 0.6 is 0 Å². The van der Waals surface area contributed by atoms with Crippen LogP contribution in [0.25, 0.3) is 0 Å². The summed E-state index contributed by atoms with van der Waals surface area (Å²) in [6.45, 7) is 0.636. The van der Waals surface area contributed by atoms with E-state index >= 15 is 0 Å². The van der Waals surface area contributed by atoms with E-state index < -0.39 is 52.1 Å². The van der Waals surface area contributed by atoms with Crippen molar-refractivity contribution in [1.29, 1.82) is 0 Å². The Hall–Kier alpha value is 0.171. The number of hydrogen-bond acceptors (Lipinski definition) is 16. The van der Waals surface area contributed by atoms with E-state index in [1.54, 1.807) is 107 Å². The van der Waals surface area contributed by atoms with Gasteiger partial charge in [0, 0.05) is 156 Å². The van der Waals surface area contributed by atoms with Gasteiger partial charge >= 0.3 is 44.0 Å². The van der Waals surface area contributed by atoms with E-state index in [-0.39, 0.29) is 11.8 Å². The van der Waals surface area contributed by atoms with Crippen LogP contribution in [0.4, 0.5) is 0 Å². The highest BCUT2D eigenvalue weighted by Crippen LogP contribution is 2.37. The summed E-state index contributed by atoms with van der Waals surface area (Å²) in [5, 5.41) is 0. The molecule has 1 amide bonds. The summed E-state index contributed by atoms with van der Waals surface area (Å²) in [6, 6.07) is 7.50. The second-order valence-corrected chi connectivity index (χ2v) is 35.3. The molecule has 0 aromatic carbocycles. The van der Waals surface area contributed by atoms with Crippen molar-refractivity contribution in [1.82, 2.24) is 4.90 Å². The lowest BCUT2D eigenvalue weighted by molar-refractivity contribution is -0.134. The minimum atomic E-state index is -2.80. The lowest BCUT2D eigenvalue weighted by Crippen LogP contribution is -2.45. The average Bonchev–Trinajstić information content (AvgIpc) is 3.28. The predicted octanol–water partition coefficient (Wildman–Crippen LogP) is 6.02. The molecule has 0 unspecified atom stereocenters. The van der Waals surface area contributed by atoms with Crippen LogP contribution in [0.15, 0.2) is 0 Å². The SMILES string of the molecule is CO[Si](CCCC(CCC[Si](OC)(OC)OC)C(=O)N(C)CCC[Si](CCC[Si](OC)(OC)OC)(CCC[Si](OC)(OC)OC)CCC[Si](OC)(OC)OC)(OC)OC. The number of carbonyl (C=O) groups is 1. The fraction of sp³-hybridized carbons (Fsp3) is 0.972. The van der Waals surface area contributed by atoms with Gasteiger partial charge in [0.25, 0.3) is 0 Å². The predicted molar refractivity (Wildman–Crippen MR) is 241 cm³/mol. The Balaban J connectivity index is 6.55. The number of nitrogens with zero attached hydrogens (tertiary/aromatic N) is 1. The van der Waals surface area contributed by atoms with Gasteiger partial charge in [0.15, 0.2) is 0 Å². The summed E-state index contributed by atoms with van der Waals surface area (Å²) >= 11 is 0. The Morgan fingerprint density at radius 3 is 0.814 bits per heavy atom. The van der Waals surface area contributed by atoms with Crippen LogP contribution in [0.3, 0.4) is 0 Å². The van der Waals surface area contributed by atoms with E-state index in [1.165, 1.54) is 0 Å². The molecule has 17 nitrogen and oxygen atoms in total. The van der Waals surface area contributed by atoms with Gasteiger partial charge in [-0.3, -0.25) is 4.79 Å². The second-order valence-electron chi connectivity index (χ2n) is 14.9. The van der Waals surface area contributed by atoms with E-state index in [4.69, 9.17) is 66.4 Å². The first-order chi connectivity index (χ1) is 28.1. The van der Waals surface area contributed by atoms with Crippen molar-refractivity contribution in [3.05, 3.63) is 0 Å². The second kappa shape index (κ2) is 31.1.